The summed E-state index contributed by atoms with van der Waals surface area (Å²) in [6, 6.07) is 4.51. The maximum Gasteiger partial charge on any atom is 0.266 e. The van der Waals surface area contributed by atoms with E-state index in [0.717, 1.165) is 0 Å². The first-order chi connectivity index (χ1) is 6.18. The molecule has 5 heteroatoms. The average Bonchev–Trinajstić information content (AvgIpc) is 2.43. The Kier molecular flexibility index (Phi) is 2.19. The zero-order chi connectivity index (χ0) is 9.42. The summed E-state index contributed by atoms with van der Waals surface area (Å²) in [5, 5.41) is 0. The number of fused-ring (bicyclic) bond motifs is 1. The number of benzene rings is 1. The van der Waals surface area contributed by atoms with Gasteiger partial charge in [-0.2, -0.15) is 0 Å². The van der Waals surface area contributed by atoms with Gasteiger partial charge in [0, 0.05) is 28.2 Å². The summed E-state index contributed by atoms with van der Waals surface area (Å²) < 4.78 is 30.3. The molecule has 0 N–H and O–H groups in total. The number of rotatable bonds is 1. The highest BCUT2D eigenvalue weighted by molar-refractivity contribution is 14.1. The molecule has 0 atom stereocenters. The molecule has 1 heterocycles. The summed E-state index contributed by atoms with van der Waals surface area (Å²) in [5.74, 6) is 0. The lowest BCUT2D eigenvalue weighted by molar-refractivity contribution is 0.153. The molecule has 68 valence electrons. The third-order valence-corrected chi connectivity index (χ3v) is 2.12. The van der Waals surface area contributed by atoms with E-state index in [0.29, 0.717) is 9.48 Å². The number of para-hydroxylation sites is 1. The molecule has 0 fully saturated rings. The molecule has 0 unspecified atom stereocenters. The predicted molar refractivity (Wildman–Crippen MR) is 51.7 cm³/mol. The van der Waals surface area contributed by atoms with Gasteiger partial charge in [0.05, 0.1) is 0 Å². The standard InChI is InChI=1S/C8H4F2INO/c9-7(10)4-2-1-3-5-6(4)12-8(11)13-5/h1-3,7H. The van der Waals surface area contributed by atoms with Crippen LogP contribution in [0.25, 0.3) is 11.1 Å². The lowest BCUT2D eigenvalue weighted by atomic mass is 10.2. The summed E-state index contributed by atoms with van der Waals surface area (Å²) in [6.45, 7) is 0. The quantitative estimate of drug-likeness (QED) is 0.754. The van der Waals surface area contributed by atoms with E-state index in [1.807, 2.05) is 22.6 Å². The van der Waals surface area contributed by atoms with Gasteiger partial charge in [-0.3, -0.25) is 0 Å². The van der Waals surface area contributed by atoms with Crippen LogP contribution in [0, 0.1) is 3.90 Å². The Morgan fingerprint density at radius 2 is 2.15 bits per heavy atom. The smallest absolute Gasteiger partial charge is 0.266 e. The first kappa shape index (κ1) is 8.86. The molecule has 2 rings (SSSR count). The molecule has 13 heavy (non-hydrogen) atoms. The van der Waals surface area contributed by atoms with E-state index in [4.69, 9.17) is 4.42 Å². The molecule has 0 aliphatic rings. The maximum atomic E-state index is 12.4. The molecule has 0 spiro atoms. The predicted octanol–water partition coefficient (Wildman–Crippen LogP) is 3.37. The number of nitrogens with zero attached hydrogens (tertiary/aromatic N) is 1. The molecular formula is C8H4F2INO. The molecule has 0 aliphatic heterocycles. The van der Waals surface area contributed by atoms with Gasteiger partial charge in [0.2, 0.25) is 0 Å². The average molecular weight is 295 g/mol. The van der Waals surface area contributed by atoms with Crippen LogP contribution in [-0.2, 0) is 0 Å². The van der Waals surface area contributed by atoms with Crippen molar-refractivity contribution in [1.82, 2.24) is 4.98 Å². The summed E-state index contributed by atoms with van der Waals surface area (Å²) >= 11 is 1.85. The maximum absolute atomic E-state index is 12.4. The largest absolute Gasteiger partial charge is 0.432 e. The number of alkyl halides is 2. The third kappa shape index (κ3) is 1.52. The Morgan fingerprint density at radius 1 is 1.38 bits per heavy atom. The Morgan fingerprint density at radius 3 is 2.85 bits per heavy atom. The van der Waals surface area contributed by atoms with E-state index in [1.165, 1.54) is 12.1 Å². The van der Waals surface area contributed by atoms with Gasteiger partial charge in [-0.15, -0.1) is 0 Å². The second kappa shape index (κ2) is 3.21. The SMILES string of the molecule is FC(F)c1cccc2oc(I)nc12. The third-order valence-electron chi connectivity index (χ3n) is 1.66. The van der Waals surface area contributed by atoms with E-state index in [2.05, 4.69) is 4.98 Å². The van der Waals surface area contributed by atoms with Crippen LogP contribution in [0.5, 0.6) is 0 Å². The molecule has 0 bridgehead atoms. The second-order valence-electron chi connectivity index (χ2n) is 2.46. The van der Waals surface area contributed by atoms with E-state index in [9.17, 15) is 8.78 Å². The molecule has 0 saturated carbocycles. The first-order valence-corrected chi connectivity index (χ1v) is 4.59. The molecule has 0 radical (unpaired) electrons. The second-order valence-corrected chi connectivity index (χ2v) is 3.38. The van der Waals surface area contributed by atoms with E-state index < -0.39 is 6.43 Å². The van der Waals surface area contributed by atoms with Crippen molar-refractivity contribution in [3.63, 3.8) is 0 Å². The topological polar surface area (TPSA) is 26.0 Å². The summed E-state index contributed by atoms with van der Waals surface area (Å²) in [5.41, 5.74) is 0.577. The molecule has 1 aromatic heterocycles. The molecular weight excluding hydrogens is 291 g/mol. The number of aromatic nitrogens is 1. The molecule has 0 aliphatic carbocycles. The highest BCUT2D eigenvalue weighted by Gasteiger charge is 2.14. The minimum atomic E-state index is -2.51. The van der Waals surface area contributed by atoms with E-state index in [-0.39, 0.29) is 11.1 Å². The van der Waals surface area contributed by atoms with Gasteiger partial charge in [0.1, 0.15) is 5.52 Å². The highest BCUT2D eigenvalue weighted by atomic mass is 127. The van der Waals surface area contributed by atoms with E-state index in [1.54, 1.807) is 6.07 Å². The molecule has 0 saturated heterocycles. The molecule has 2 aromatic rings. The van der Waals surface area contributed by atoms with Gasteiger partial charge < -0.3 is 4.42 Å². The fourth-order valence-corrected chi connectivity index (χ4v) is 1.60. The Balaban J connectivity index is 2.75. The highest BCUT2D eigenvalue weighted by Crippen LogP contribution is 2.27. The van der Waals surface area contributed by atoms with E-state index >= 15 is 0 Å². The summed E-state index contributed by atoms with van der Waals surface area (Å²) in [6.07, 6.45) is -2.51. The lowest BCUT2D eigenvalue weighted by Crippen LogP contribution is -1.85. The van der Waals surface area contributed by atoms with Gasteiger partial charge in [-0.25, -0.2) is 13.8 Å². The van der Waals surface area contributed by atoms with Crippen molar-refractivity contribution in [2.75, 3.05) is 0 Å². The van der Waals surface area contributed by atoms with Crippen LogP contribution in [0.1, 0.15) is 12.0 Å². The molecule has 0 amide bonds. The Bertz CT molecular complexity index is 441. The van der Waals surface area contributed by atoms with Crippen molar-refractivity contribution in [3.8, 4) is 0 Å². The van der Waals surface area contributed by atoms with Gasteiger partial charge in [-0.05, 0) is 6.07 Å². The van der Waals surface area contributed by atoms with Crippen LogP contribution in [-0.4, -0.2) is 4.98 Å². The van der Waals surface area contributed by atoms with Crippen molar-refractivity contribution < 1.29 is 13.2 Å². The normalized spacial score (nSPS) is 11.4. The Labute approximate surface area is 86.1 Å². The van der Waals surface area contributed by atoms with Crippen LogP contribution >= 0.6 is 22.6 Å². The molecule has 2 nitrogen and oxygen atoms in total. The zero-order valence-electron chi connectivity index (χ0n) is 6.30. The van der Waals surface area contributed by atoms with Gasteiger partial charge in [0.15, 0.2) is 5.58 Å². The minimum Gasteiger partial charge on any atom is -0.432 e. The monoisotopic (exact) mass is 295 g/mol. The van der Waals surface area contributed by atoms with Gasteiger partial charge in [0.25, 0.3) is 10.3 Å². The van der Waals surface area contributed by atoms with Crippen LogP contribution < -0.4 is 0 Å². The fourth-order valence-electron chi connectivity index (χ4n) is 1.12. The van der Waals surface area contributed by atoms with Crippen molar-refractivity contribution in [2.45, 2.75) is 6.43 Å². The van der Waals surface area contributed by atoms with Crippen LogP contribution in [0.4, 0.5) is 8.78 Å². The van der Waals surface area contributed by atoms with Gasteiger partial charge in [-0.1, -0.05) is 12.1 Å². The summed E-state index contributed by atoms with van der Waals surface area (Å²) in [4.78, 5) is 3.87. The van der Waals surface area contributed by atoms with Crippen molar-refractivity contribution in [3.05, 3.63) is 27.7 Å². The van der Waals surface area contributed by atoms with Crippen LogP contribution in [0.3, 0.4) is 0 Å². The Hall–Kier alpha value is -0.720. The van der Waals surface area contributed by atoms with Crippen LogP contribution in [0.2, 0.25) is 0 Å². The number of hydrogen-bond donors (Lipinski definition) is 0. The summed E-state index contributed by atoms with van der Waals surface area (Å²) in [7, 11) is 0. The first-order valence-electron chi connectivity index (χ1n) is 3.51. The van der Waals surface area contributed by atoms with Gasteiger partial charge >= 0.3 is 0 Å². The number of oxazole rings is 1. The van der Waals surface area contributed by atoms with Crippen molar-refractivity contribution in [1.29, 1.82) is 0 Å². The zero-order valence-corrected chi connectivity index (χ0v) is 8.46. The van der Waals surface area contributed by atoms with Crippen molar-refractivity contribution >= 4 is 33.7 Å². The minimum absolute atomic E-state index is 0.0795. The molecule has 1 aromatic carbocycles. The number of hydrogen-bond acceptors (Lipinski definition) is 2. The lowest BCUT2D eigenvalue weighted by Gasteiger charge is -1.97. The fraction of sp³-hybridized carbons (Fsp3) is 0.125. The van der Waals surface area contributed by atoms with Crippen molar-refractivity contribution in [2.24, 2.45) is 0 Å². The number of halogens is 3. The van der Waals surface area contributed by atoms with Crippen LogP contribution in [0.15, 0.2) is 22.6 Å².